The lowest BCUT2D eigenvalue weighted by atomic mass is 10.0. The zero-order valence-corrected chi connectivity index (χ0v) is 13.6. The van der Waals surface area contributed by atoms with E-state index in [1.165, 1.54) is 0 Å². The molecule has 0 spiro atoms. The summed E-state index contributed by atoms with van der Waals surface area (Å²) in [6, 6.07) is 8.31. The summed E-state index contributed by atoms with van der Waals surface area (Å²) in [5, 5.41) is 0. The predicted octanol–water partition coefficient (Wildman–Crippen LogP) is 1.92. The molecule has 1 aliphatic rings. The molecule has 0 unspecified atom stereocenters. The second-order valence-electron chi connectivity index (χ2n) is 6.29. The highest BCUT2D eigenvalue weighted by Gasteiger charge is 2.23. The number of rotatable bonds is 5. The molecule has 22 heavy (non-hydrogen) atoms. The van der Waals surface area contributed by atoms with E-state index in [-0.39, 0.29) is 5.69 Å². The highest BCUT2D eigenvalue weighted by molar-refractivity contribution is 5.75. The van der Waals surface area contributed by atoms with Gasteiger partial charge in [0.2, 0.25) is 0 Å². The van der Waals surface area contributed by atoms with E-state index in [0.717, 1.165) is 56.6 Å². The van der Waals surface area contributed by atoms with Gasteiger partial charge in [0.25, 0.3) is 0 Å². The lowest BCUT2D eigenvalue weighted by Gasteiger charge is -2.33. The van der Waals surface area contributed by atoms with Crippen LogP contribution in [0.2, 0.25) is 0 Å². The fourth-order valence-electron chi connectivity index (χ4n) is 3.31. The highest BCUT2D eigenvalue weighted by Crippen LogP contribution is 2.24. The van der Waals surface area contributed by atoms with Gasteiger partial charge in [-0.15, -0.1) is 0 Å². The molecule has 2 aromatic rings. The molecule has 0 radical (unpaired) electrons. The Hall–Kier alpha value is -1.59. The zero-order valence-electron chi connectivity index (χ0n) is 13.6. The van der Waals surface area contributed by atoms with Crippen molar-refractivity contribution in [2.24, 2.45) is 0 Å². The van der Waals surface area contributed by atoms with Crippen LogP contribution in [-0.4, -0.2) is 59.1 Å². The minimum absolute atomic E-state index is 0.0327. The summed E-state index contributed by atoms with van der Waals surface area (Å²) in [7, 11) is 2.16. The number of piperidine rings is 1. The fourth-order valence-corrected chi connectivity index (χ4v) is 3.31. The van der Waals surface area contributed by atoms with Gasteiger partial charge in [-0.2, -0.15) is 0 Å². The summed E-state index contributed by atoms with van der Waals surface area (Å²) in [6.45, 7) is 7.69. The van der Waals surface area contributed by atoms with E-state index in [1.54, 1.807) is 0 Å². The normalized spacial score (nSPS) is 17.6. The van der Waals surface area contributed by atoms with Crippen LogP contribution in [0.4, 0.5) is 0 Å². The molecule has 1 saturated heterocycles. The second kappa shape index (κ2) is 6.67. The largest absolute Gasteiger partial charge is 0.326 e. The van der Waals surface area contributed by atoms with Gasteiger partial charge in [-0.1, -0.05) is 19.1 Å². The lowest BCUT2D eigenvalue weighted by molar-refractivity contribution is 0.168. The zero-order chi connectivity index (χ0) is 15.5. The van der Waals surface area contributed by atoms with Crippen molar-refractivity contribution in [3.05, 3.63) is 34.7 Å². The van der Waals surface area contributed by atoms with Gasteiger partial charge in [0.1, 0.15) is 0 Å². The number of likely N-dealkylation sites (tertiary alicyclic amines) is 1. The number of fused-ring (bicyclic) bond motifs is 1. The van der Waals surface area contributed by atoms with Crippen molar-refractivity contribution in [2.45, 2.75) is 25.8 Å². The first-order valence-electron chi connectivity index (χ1n) is 8.29. The van der Waals surface area contributed by atoms with Crippen LogP contribution in [0.3, 0.4) is 0 Å². The summed E-state index contributed by atoms with van der Waals surface area (Å²) in [5.41, 5.74) is 2.02. The van der Waals surface area contributed by atoms with E-state index in [2.05, 4.69) is 28.8 Å². The summed E-state index contributed by atoms with van der Waals surface area (Å²) in [5.74, 6) is 0. The van der Waals surface area contributed by atoms with Crippen LogP contribution in [0.1, 0.15) is 25.8 Å². The predicted molar refractivity (Wildman–Crippen MR) is 90.4 cm³/mol. The molecule has 1 N–H and O–H groups in total. The van der Waals surface area contributed by atoms with Crippen molar-refractivity contribution in [3.63, 3.8) is 0 Å². The Morgan fingerprint density at radius 3 is 2.73 bits per heavy atom. The Morgan fingerprint density at radius 1 is 1.27 bits per heavy atom. The van der Waals surface area contributed by atoms with Gasteiger partial charge in [0, 0.05) is 32.2 Å². The first-order valence-corrected chi connectivity index (χ1v) is 8.29. The molecule has 0 saturated carbocycles. The molecule has 0 aliphatic carbocycles. The topological polar surface area (TPSA) is 44.3 Å². The minimum Gasteiger partial charge on any atom is -0.306 e. The van der Waals surface area contributed by atoms with Gasteiger partial charge in [0.15, 0.2) is 0 Å². The van der Waals surface area contributed by atoms with E-state index in [1.807, 2.05) is 28.8 Å². The van der Waals surface area contributed by atoms with Crippen molar-refractivity contribution in [3.8, 4) is 0 Å². The maximum atomic E-state index is 12.3. The average molecular weight is 302 g/mol. The number of nitrogens with zero attached hydrogens (tertiary/aromatic N) is 3. The minimum atomic E-state index is 0.0327. The number of aromatic nitrogens is 2. The van der Waals surface area contributed by atoms with Crippen molar-refractivity contribution in [2.75, 3.05) is 39.8 Å². The molecular weight excluding hydrogens is 276 g/mol. The Balaban J connectivity index is 1.66. The van der Waals surface area contributed by atoms with Crippen LogP contribution in [0.25, 0.3) is 11.0 Å². The fraction of sp³-hybridized carbons (Fsp3) is 0.588. The molecule has 1 aromatic heterocycles. The average Bonchev–Trinajstić information content (AvgIpc) is 2.89. The van der Waals surface area contributed by atoms with E-state index in [0.29, 0.717) is 6.04 Å². The smallest absolute Gasteiger partial charge is 0.306 e. The van der Waals surface area contributed by atoms with Crippen molar-refractivity contribution >= 4 is 11.0 Å². The number of H-pyrrole nitrogens is 1. The molecule has 0 amide bonds. The Morgan fingerprint density at radius 2 is 2.00 bits per heavy atom. The summed E-state index contributed by atoms with van der Waals surface area (Å²) < 4.78 is 1.96. The van der Waals surface area contributed by atoms with E-state index in [9.17, 15) is 4.79 Å². The third-order valence-electron chi connectivity index (χ3n) is 4.88. The monoisotopic (exact) mass is 302 g/mol. The lowest BCUT2D eigenvalue weighted by Crippen LogP contribution is -2.40. The van der Waals surface area contributed by atoms with E-state index in [4.69, 9.17) is 0 Å². The molecule has 1 fully saturated rings. The number of nitrogens with one attached hydrogen (secondary N) is 1. The summed E-state index contributed by atoms with van der Waals surface area (Å²) in [4.78, 5) is 20.1. The van der Waals surface area contributed by atoms with E-state index < -0.39 is 0 Å². The van der Waals surface area contributed by atoms with Crippen LogP contribution >= 0.6 is 0 Å². The Labute approximate surface area is 131 Å². The van der Waals surface area contributed by atoms with Gasteiger partial charge in [-0.25, -0.2) is 4.79 Å². The van der Waals surface area contributed by atoms with Crippen LogP contribution in [0, 0.1) is 0 Å². The second-order valence-corrected chi connectivity index (χ2v) is 6.29. The molecule has 1 aliphatic heterocycles. The van der Waals surface area contributed by atoms with Crippen molar-refractivity contribution in [1.82, 2.24) is 19.4 Å². The molecule has 2 heterocycles. The number of aromatic amines is 1. The maximum absolute atomic E-state index is 12.3. The third-order valence-corrected chi connectivity index (χ3v) is 4.88. The van der Waals surface area contributed by atoms with Gasteiger partial charge in [0.05, 0.1) is 11.0 Å². The number of para-hydroxylation sites is 2. The molecule has 3 rings (SSSR count). The standard InChI is InChI=1S/C17H26N4O/c1-3-19(2)12-13-20-10-8-14(9-11-20)21-16-7-5-4-6-15(16)18-17(21)22/h4-7,14H,3,8-13H2,1-2H3,(H,18,22). The number of likely N-dealkylation sites (N-methyl/N-ethyl adjacent to an activating group) is 1. The maximum Gasteiger partial charge on any atom is 0.326 e. The van der Waals surface area contributed by atoms with Crippen LogP contribution in [0.5, 0.6) is 0 Å². The number of hydrogen-bond donors (Lipinski definition) is 1. The van der Waals surface area contributed by atoms with Crippen LogP contribution < -0.4 is 5.69 Å². The number of hydrogen-bond acceptors (Lipinski definition) is 3. The molecule has 5 heteroatoms. The first-order chi connectivity index (χ1) is 10.7. The molecular formula is C17H26N4O. The van der Waals surface area contributed by atoms with Gasteiger partial charge in [-0.05, 0) is 38.6 Å². The highest BCUT2D eigenvalue weighted by atomic mass is 16.1. The van der Waals surface area contributed by atoms with Gasteiger partial charge >= 0.3 is 5.69 Å². The number of imidazole rings is 1. The summed E-state index contributed by atoms with van der Waals surface area (Å²) in [6.07, 6.45) is 2.11. The summed E-state index contributed by atoms with van der Waals surface area (Å²) >= 11 is 0. The van der Waals surface area contributed by atoms with E-state index >= 15 is 0 Å². The van der Waals surface area contributed by atoms with Crippen molar-refractivity contribution in [1.29, 1.82) is 0 Å². The first kappa shape index (κ1) is 15.3. The molecule has 1 aromatic carbocycles. The van der Waals surface area contributed by atoms with Crippen LogP contribution in [0.15, 0.2) is 29.1 Å². The molecule has 0 atom stereocenters. The Kier molecular flexibility index (Phi) is 4.64. The molecule has 120 valence electrons. The molecule has 0 bridgehead atoms. The number of benzene rings is 1. The van der Waals surface area contributed by atoms with Gasteiger partial charge in [-0.3, -0.25) is 4.57 Å². The van der Waals surface area contributed by atoms with Crippen molar-refractivity contribution < 1.29 is 0 Å². The molecule has 5 nitrogen and oxygen atoms in total. The van der Waals surface area contributed by atoms with Gasteiger partial charge < -0.3 is 14.8 Å². The quantitative estimate of drug-likeness (QED) is 0.918. The third kappa shape index (κ3) is 3.10. The SMILES string of the molecule is CCN(C)CCN1CCC(n2c(=O)[nH]c3ccccc32)CC1. The Bertz CT molecular complexity index is 667. The van der Waals surface area contributed by atoms with Crippen LogP contribution in [-0.2, 0) is 0 Å².